The third kappa shape index (κ3) is 1.97. The van der Waals surface area contributed by atoms with E-state index >= 15 is 0 Å². The Bertz CT molecular complexity index is 438. The van der Waals surface area contributed by atoms with E-state index in [1.54, 1.807) is 12.1 Å². The number of halogens is 2. The van der Waals surface area contributed by atoms with Gasteiger partial charge in [0, 0.05) is 0 Å². The van der Waals surface area contributed by atoms with Crippen molar-refractivity contribution in [2.45, 2.75) is 31.8 Å². The molecule has 0 aliphatic heterocycles. The van der Waals surface area contributed by atoms with Crippen LogP contribution in [0.4, 0.5) is 8.78 Å². The first-order chi connectivity index (χ1) is 8.08. The highest BCUT2D eigenvalue weighted by Crippen LogP contribution is 2.48. The number of benzene rings is 1. The summed E-state index contributed by atoms with van der Waals surface area (Å²) in [6, 6.07) is 8.75. The van der Waals surface area contributed by atoms with Crippen LogP contribution in [0.3, 0.4) is 0 Å². The average molecular weight is 237 g/mol. The van der Waals surface area contributed by atoms with Gasteiger partial charge in [0.15, 0.2) is 0 Å². The molecule has 1 aliphatic carbocycles. The Morgan fingerprint density at radius 1 is 1.41 bits per heavy atom. The van der Waals surface area contributed by atoms with Gasteiger partial charge < -0.3 is 4.74 Å². The molecule has 2 rings (SSSR count). The second-order valence-corrected chi connectivity index (χ2v) is 4.43. The lowest BCUT2D eigenvalue weighted by molar-refractivity contribution is -0.0498. The van der Waals surface area contributed by atoms with Crippen molar-refractivity contribution in [3.05, 3.63) is 29.8 Å². The molecule has 0 aromatic heterocycles. The summed E-state index contributed by atoms with van der Waals surface area (Å²) >= 11 is 0. The highest BCUT2D eigenvalue weighted by atomic mass is 19.3. The molecule has 0 bridgehead atoms. The largest absolute Gasteiger partial charge is 0.435 e. The van der Waals surface area contributed by atoms with Crippen molar-refractivity contribution in [2.24, 2.45) is 5.92 Å². The van der Waals surface area contributed by atoms with Crippen molar-refractivity contribution in [1.29, 1.82) is 5.26 Å². The molecule has 1 aromatic rings. The van der Waals surface area contributed by atoms with Crippen molar-refractivity contribution in [2.75, 3.05) is 0 Å². The van der Waals surface area contributed by atoms with E-state index in [2.05, 4.69) is 10.8 Å². The maximum Gasteiger partial charge on any atom is 0.387 e. The number of nitrogens with zero attached hydrogens (tertiary/aromatic N) is 1. The van der Waals surface area contributed by atoms with Crippen LogP contribution in [0.25, 0.3) is 0 Å². The standard InChI is InChI=1S/C13H13F2NO/c1-9-6-7-13(9,8-16)10-2-4-11(5-3-10)17-12(14)15/h2-5,9,12H,6-7H2,1H3. The van der Waals surface area contributed by atoms with Crippen molar-refractivity contribution in [3.63, 3.8) is 0 Å². The summed E-state index contributed by atoms with van der Waals surface area (Å²) in [7, 11) is 0. The van der Waals surface area contributed by atoms with E-state index in [0.29, 0.717) is 5.92 Å². The Labute approximate surface area is 98.8 Å². The third-order valence-electron chi connectivity index (χ3n) is 3.61. The van der Waals surface area contributed by atoms with E-state index in [9.17, 15) is 14.0 Å². The minimum atomic E-state index is -2.81. The molecular formula is C13H13F2NO. The number of alkyl halides is 2. The third-order valence-corrected chi connectivity index (χ3v) is 3.61. The monoisotopic (exact) mass is 237 g/mol. The lowest BCUT2D eigenvalue weighted by atomic mass is 9.58. The summed E-state index contributed by atoms with van der Waals surface area (Å²) in [5, 5.41) is 9.27. The minimum Gasteiger partial charge on any atom is -0.435 e. The van der Waals surface area contributed by atoms with Gasteiger partial charge in [-0.05, 0) is 36.5 Å². The molecule has 90 valence electrons. The zero-order valence-corrected chi connectivity index (χ0v) is 9.49. The first-order valence-electron chi connectivity index (χ1n) is 5.55. The van der Waals surface area contributed by atoms with Crippen molar-refractivity contribution >= 4 is 0 Å². The van der Waals surface area contributed by atoms with Crippen LogP contribution in [0, 0.1) is 17.2 Å². The van der Waals surface area contributed by atoms with Crippen LogP contribution in [0.2, 0.25) is 0 Å². The van der Waals surface area contributed by atoms with Crippen LogP contribution in [0.15, 0.2) is 24.3 Å². The van der Waals surface area contributed by atoms with Crippen LogP contribution >= 0.6 is 0 Å². The van der Waals surface area contributed by atoms with E-state index < -0.39 is 12.0 Å². The second-order valence-electron chi connectivity index (χ2n) is 4.43. The van der Waals surface area contributed by atoms with Crippen LogP contribution < -0.4 is 4.74 Å². The predicted octanol–water partition coefficient (Wildman–Crippen LogP) is 3.48. The van der Waals surface area contributed by atoms with Crippen LogP contribution in [0.5, 0.6) is 5.75 Å². The molecule has 0 N–H and O–H groups in total. The fraction of sp³-hybridized carbons (Fsp3) is 0.462. The van der Waals surface area contributed by atoms with E-state index in [4.69, 9.17) is 0 Å². The van der Waals surface area contributed by atoms with Gasteiger partial charge in [-0.25, -0.2) is 0 Å². The van der Waals surface area contributed by atoms with E-state index in [1.807, 2.05) is 6.92 Å². The summed E-state index contributed by atoms with van der Waals surface area (Å²) in [6.45, 7) is -0.774. The van der Waals surface area contributed by atoms with Crippen molar-refractivity contribution < 1.29 is 13.5 Å². The van der Waals surface area contributed by atoms with Gasteiger partial charge in [0.25, 0.3) is 0 Å². The quantitative estimate of drug-likeness (QED) is 0.806. The van der Waals surface area contributed by atoms with Gasteiger partial charge in [0.1, 0.15) is 5.75 Å². The molecule has 1 aliphatic rings. The molecule has 1 saturated carbocycles. The van der Waals surface area contributed by atoms with Gasteiger partial charge in [-0.15, -0.1) is 0 Å². The number of hydrogen-bond donors (Lipinski definition) is 0. The maximum atomic E-state index is 12.0. The fourth-order valence-corrected chi connectivity index (χ4v) is 2.31. The van der Waals surface area contributed by atoms with Gasteiger partial charge in [-0.3, -0.25) is 0 Å². The Hall–Kier alpha value is -1.63. The van der Waals surface area contributed by atoms with Gasteiger partial charge >= 0.3 is 6.61 Å². The summed E-state index contributed by atoms with van der Waals surface area (Å²) in [4.78, 5) is 0. The zero-order chi connectivity index (χ0) is 12.5. The molecule has 0 radical (unpaired) electrons. The lowest BCUT2D eigenvalue weighted by Crippen LogP contribution is -2.41. The summed E-state index contributed by atoms with van der Waals surface area (Å²) < 4.78 is 28.2. The van der Waals surface area contributed by atoms with Gasteiger partial charge in [0.05, 0.1) is 11.5 Å². The molecule has 0 spiro atoms. The smallest absolute Gasteiger partial charge is 0.387 e. The SMILES string of the molecule is CC1CCC1(C#N)c1ccc(OC(F)F)cc1. The molecule has 2 unspecified atom stereocenters. The van der Waals surface area contributed by atoms with Gasteiger partial charge in [-0.2, -0.15) is 14.0 Å². The van der Waals surface area contributed by atoms with Crippen LogP contribution in [-0.4, -0.2) is 6.61 Å². The lowest BCUT2D eigenvalue weighted by Gasteiger charge is -2.42. The van der Waals surface area contributed by atoms with Gasteiger partial charge in [0.2, 0.25) is 0 Å². The summed E-state index contributed by atoms with van der Waals surface area (Å²) in [5.41, 5.74) is 0.448. The number of hydrogen-bond acceptors (Lipinski definition) is 2. The molecule has 4 heteroatoms. The van der Waals surface area contributed by atoms with Gasteiger partial charge in [-0.1, -0.05) is 19.1 Å². The summed E-state index contributed by atoms with van der Waals surface area (Å²) in [6.07, 6.45) is 1.86. The number of ether oxygens (including phenoxy) is 1. The Morgan fingerprint density at radius 3 is 2.41 bits per heavy atom. The van der Waals surface area contributed by atoms with E-state index in [-0.39, 0.29) is 5.75 Å². The first kappa shape index (κ1) is 11.8. The molecule has 0 saturated heterocycles. The van der Waals surface area contributed by atoms with Crippen molar-refractivity contribution in [3.8, 4) is 11.8 Å². The molecule has 0 amide bonds. The highest BCUT2D eigenvalue weighted by molar-refractivity contribution is 5.39. The first-order valence-corrected chi connectivity index (χ1v) is 5.55. The molecular weight excluding hydrogens is 224 g/mol. The Morgan fingerprint density at radius 2 is 2.06 bits per heavy atom. The van der Waals surface area contributed by atoms with E-state index in [1.165, 1.54) is 12.1 Å². The molecule has 1 fully saturated rings. The number of nitriles is 1. The van der Waals surface area contributed by atoms with Crippen LogP contribution in [0.1, 0.15) is 25.3 Å². The normalized spacial score (nSPS) is 27.4. The molecule has 1 aromatic carbocycles. The summed E-state index contributed by atoms with van der Waals surface area (Å²) in [5.74, 6) is 0.443. The molecule has 2 nitrogen and oxygen atoms in total. The molecule has 0 heterocycles. The highest BCUT2D eigenvalue weighted by Gasteiger charge is 2.45. The number of rotatable bonds is 3. The van der Waals surface area contributed by atoms with Crippen LogP contribution in [-0.2, 0) is 5.41 Å². The average Bonchev–Trinajstić information content (AvgIpc) is 2.30. The zero-order valence-electron chi connectivity index (χ0n) is 9.49. The van der Waals surface area contributed by atoms with E-state index in [0.717, 1.165) is 18.4 Å². The minimum absolute atomic E-state index is 0.129. The fourth-order valence-electron chi connectivity index (χ4n) is 2.31. The second kappa shape index (κ2) is 4.33. The molecule has 2 atom stereocenters. The molecule has 17 heavy (non-hydrogen) atoms. The van der Waals surface area contributed by atoms with Crippen molar-refractivity contribution in [1.82, 2.24) is 0 Å². The predicted molar refractivity (Wildman–Crippen MR) is 58.8 cm³/mol. The maximum absolute atomic E-state index is 12.0. The topological polar surface area (TPSA) is 33.0 Å². The Kier molecular flexibility index (Phi) is 3.01. The Balaban J connectivity index is 2.21.